The zero-order valence-electron chi connectivity index (χ0n) is 11.5. The Labute approximate surface area is 103 Å². The van der Waals surface area contributed by atoms with Crippen LogP contribution in [0.5, 0.6) is 0 Å². The van der Waals surface area contributed by atoms with Crippen LogP contribution in [0.2, 0.25) is 0 Å². The summed E-state index contributed by atoms with van der Waals surface area (Å²) in [5.41, 5.74) is 2.60. The van der Waals surface area contributed by atoms with Crippen LogP contribution in [0.25, 0.3) is 6.08 Å². The van der Waals surface area contributed by atoms with Gasteiger partial charge in [0, 0.05) is 6.20 Å². The van der Waals surface area contributed by atoms with Crippen LogP contribution in [0.15, 0.2) is 12.3 Å². The Morgan fingerprint density at radius 2 is 1.94 bits per heavy atom. The van der Waals surface area contributed by atoms with Crippen LogP contribution in [0.3, 0.4) is 0 Å². The van der Waals surface area contributed by atoms with Crippen molar-refractivity contribution in [1.29, 1.82) is 0 Å². The Hall–Kier alpha value is -1.51. The molecule has 1 rings (SSSR count). The maximum atomic E-state index is 12.0. The van der Waals surface area contributed by atoms with E-state index >= 15 is 0 Å². The van der Waals surface area contributed by atoms with Crippen molar-refractivity contribution < 1.29 is 9.53 Å². The monoisotopic (exact) mass is 235 g/mol. The zero-order valence-corrected chi connectivity index (χ0v) is 11.5. The minimum absolute atomic E-state index is 0.332. The van der Waals surface area contributed by atoms with Gasteiger partial charge >= 0.3 is 6.09 Å². The molecule has 0 aromatic carbocycles. The first kappa shape index (κ1) is 13.6. The minimum Gasteiger partial charge on any atom is -0.443 e. The van der Waals surface area contributed by atoms with E-state index in [1.165, 1.54) is 0 Å². The lowest BCUT2D eigenvalue weighted by Crippen LogP contribution is -2.27. The van der Waals surface area contributed by atoms with Gasteiger partial charge < -0.3 is 4.74 Å². The van der Waals surface area contributed by atoms with Crippen LogP contribution >= 0.6 is 0 Å². The number of carbonyl (C=O) groups is 1. The highest BCUT2D eigenvalue weighted by atomic mass is 16.6. The molecule has 94 valence electrons. The van der Waals surface area contributed by atoms with Gasteiger partial charge in [0.15, 0.2) is 0 Å². The second-order valence-electron chi connectivity index (χ2n) is 5.17. The average molecular weight is 235 g/mol. The zero-order chi connectivity index (χ0) is 13.2. The van der Waals surface area contributed by atoms with E-state index in [0.717, 1.165) is 16.8 Å². The van der Waals surface area contributed by atoms with E-state index in [0.29, 0.717) is 0 Å². The molecule has 0 bridgehead atoms. The predicted octanol–water partition coefficient (Wildman–Crippen LogP) is 3.92. The highest BCUT2D eigenvalue weighted by molar-refractivity contribution is 5.76. The fourth-order valence-electron chi connectivity index (χ4n) is 1.57. The Kier molecular flexibility index (Phi) is 3.81. The van der Waals surface area contributed by atoms with Crippen LogP contribution in [0.4, 0.5) is 4.79 Å². The van der Waals surface area contributed by atoms with E-state index in [-0.39, 0.29) is 6.09 Å². The van der Waals surface area contributed by atoms with Crippen LogP contribution in [0, 0.1) is 13.8 Å². The molecule has 0 unspecified atom stereocenters. The maximum Gasteiger partial charge on any atom is 0.418 e. The van der Waals surface area contributed by atoms with E-state index in [1.807, 2.05) is 59.9 Å². The molecule has 0 saturated heterocycles. The van der Waals surface area contributed by atoms with Crippen molar-refractivity contribution in [3.05, 3.63) is 29.1 Å². The molecule has 0 fully saturated rings. The number of rotatable bonds is 1. The Morgan fingerprint density at radius 1 is 1.35 bits per heavy atom. The SMILES string of the molecule is C/C=C\c1c(C)c(C)cn1C(=O)OC(C)(C)C. The number of carbonyl (C=O) groups excluding carboxylic acids is 1. The van der Waals surface area contributed by atoms with Gasteiger partial charge in [-0.25, -0.2) is 4.79 Å². The van der Waals surface area contributed by atoms with Gasteiger partial charge in [-0.1, -0.05) is 6.08 Å². The van der Waals surface area contributed by atoms with E-state index in [9.17, 15) is 4.79 Å². The molecule has 3 heteroatoms. The van der Waals surface area contributed by atoms with Crippen molar-refractivity contribution in [3.8, 4) is 0 Å². The molecule has 3 nitrogen and oxygen atoms in total. The summed E-state index contributed by atoms with van der Waals surface area (Å²) in [7, 11) is 0. The number of aromatic nitrogens is 1. The first-order valence-electron chi connectivity index (χ1n) is 5.81. The standard InChI is InChI=1S/C14H21NO2/c1-7-8-12-11(3)10(2)9-15(12)13(16)17-14(4,5)6/h7-9H,1-6H3/b8-7-. The molecule has 0 aliphatic rings. The van der Waals surface area contributed by atoms with Gasteiger partial charge in [-0.15, -0.1) is 0 Å². The van der Waals surface area contributed by atoms with Crippen LogP contribution in [0.1, 0.15) is 44.5 Å². The van der Waals surface area contributed by atoms with E-state index in [1.54, 1.807) is 4.57 Å². The van der Waals surface area contributed by atoms with Crippen molar-refractivity contribution >= 4 is 12.2 Å². The fraction of sp³-hybridized carbons (Fsp3) is 0.500. The molecule has 0 N–H and O–H groups in total. The number of nitrogens with zero attached hydrogens (tertiary/aromatic N) is 1. The van der Waals surface area contributed by atoms with Gasteiger partial charge in [-0.3, -0.25) is 4.57 Å². The van der Waals surface area contributed by atoms with Gasteiger partial charge in [0.25, 0.3) is 0 Å². The Balaban J connectivity index is 3.14. The number of aryl methyl sites for hydroxylation is 1. The van der Waals surface area contributed by atoms with Crippen LogP contribution in [-0.2, 0) is 4.74 Å². The lowest BCUT2D eigenvalue weighted by Gasteiger charge is -2.20. The largest absolute Gasteiger partial charge is 0.443 e. The highest BCUT2D eigenvalue weighted by Crippen LogP contribution is 2.19. The number of allylic oxidation sites excluding steroid dienone is 1. The third kappa shape index (κ3) is 3.22. The molecule has 1 heterocycles. The number of hydrogen-bond acceptors (Lipinski definition) is 2. The fourth-order valence-corrected chi connectivity index (χ4v) is 1.57. The molecular formula is C14H21NO2. The van der Waals surface area contributed by atoms with Gasteiger partial charge in [0.05, 0.1) is 5.69 Å². The molecule has 0 aliphatic heterocycles. The van der Waals surface area contributed by atoms with Crippen molar-refractivity contribution in [1.82, 2.24) is 4.57 Å². The summed E-state index contributed by atoms with van der Waals surface area (Å²) in [5, 5.41) is 0. The molecule has 0 atom stereocenters. The predicted molar refractivity (Wildman–Crippen MR) is 70.2 cm³/mol. The van der Waals surface area contributed by atoms with Gasteiger partial charge in [0.2, 0.25) is 0 Å². The molecule has 0 radical (unpaired) electrons. The topological polar surface area (TPSA) is 31.2 Å². The summed E-state index contributed by atoms with van der Waals surface area (Å²) >= 11 is 0. The molecule has 0 saturated carbocycles. The molecule has 0 aliphatic carbocycles. The second-order valence-corrected chi connectivity index (χ2v) is 5.17. The van der Waals surface area contributed by atoms with Crippen molar-refractivity contribution in [2.75, 3.05) is 0 Å². The first-order valence-corrected chi connectivity index (χ1v) is 5.81. The minimum atomic E-state index is -0.476. The summed E-state index contributed by atoms with van der Waals surface area (Å²) in [4.78, 5) is 12.0. The third-order valence-corrected chi connectivity index (χ3v) is 2.47. The molecule has 0 amide bonds. The maximum absolute atomic E-state index is 12.0. The summed E-state index contributed by atoms with van der Waals surface area (Å²) in [6, 6.07) is 0. The lowest BCUT2D eigenvalue weighted by atomic mass is 10.2. The van der Waals surface area contributed by atoms with Gasteiger partial charge in [0.1, 0.15) is 5.60 Å². The number of ether oxygens (including phenoxy) is 1. The normalized spacial score (nSPS) is 12.1. The summed E-state index contributed by atoms with van der Waals surface area (Å²) in [6.07, 6.45) is 5.33. The lowest BCUT2D eigenvalue weighted by molar-refractivity contribution is 0.0536. The Bertz CT molecular complexity index is 448. The molecule has 1 aromatic rings. The first-order chi connectivity index (χ1) is 7.76. The van der Waals surface area contributed by atoms with E-state index in [2.05, 4.69) is 0 Å². The molecule has 1 aromatic heterocycles. The third-order valence-electron chi connectivity index (χ3n) is 2.47. The van der Waals surface area contributed by atoms with Crippen molar-refractivity contribution in [3.63, 3.8) is 0 Å². The second kappa shape index (κ2) is 4.78. The number of hydrogen-bond donors (Lipinski definition) is 0. The van der Waals surface area contributed by atoms with E-state index < -0.39 is 5.60 Å². The van der Waals surface area contributed by atoms with Gasteiger partial charge in [-0.05, 0) is 58.7 Å². The Morgan fingerprint density at radius 3 is 2.41 bits per heavy atom. The smallest absolute Gasteiger partial charge is 0.418 e. The average Bonchev–Trinajstić information content (AvgIpc) is 2.44. The van der Waals surface area contributed by atoms with Crippen molar-refractivity contribution in [2.45, 2.75) is 47.1 Å². The molecule has 0 spiro atoms. The molecular weight excluding hydrogens is 214 g/mol. The van der Waals surface area contributed by atoms with Crippen LogP contribution in [-0.4, -0.2) is 16.3 Å². The summed E-state index contributed by atoms with van der Waals surface area (Å²) in [5.74, 6) is 0. The quantitative estimate of drug-likeness (QED) is 0.738. The summed E-state index contributed by atoms with van der Waals surface area (Å²) < 4.78 is 6.93. The van der Waals surface area contributed by atoms with Crippen molar-refractivity contribution in [2.24, 2.45) is 0 Å². The van der Waals surface area contributed by atoms with Crippen LogP contribution < -0.4 is 0 Å². The highest BCUT2D eigenvalue weighted by Gasteiger charge is 2.20. The van der Waals surface area contributed by atoms with E-state index in [4.69, 9.17) is 4.74 Å². The van der Waals surface area contributed by atoms with Gasteiger partial charge in [-0.2, -0.15) is 0 Å². The molecule has 17 heavy (non-hydrogen) atoms. The summed E-state index contributed by atoms with van der Waals surface area (Å²) in [6.45, 7) is 11.5.